The summed E-state index contributed by atoms with van der Waals surface area (Å²) < 4.78 is 24.0. The molecule has 0 spiro atoms. The van der Waals surface area contributed by atoms with Gasteiger partial charge in [-0.25, -0.2) is 0 Å². The largest absolute Gasteiger partial charge is 0.465 e. The fraction of sp³-hybridized carbons (Fsp3) is 0.941. The summed E-state index contributed by atoms with van der Waals surface area (Å²) in [5.41, 5.74) is 0. The van der Waals surface area contributed by atoms with Crippen molar-refractivity contribution in [3.63, 3.8) is 0 Å². The molecule has 2 aliphatic rings. The quantitative estimate of drug-likeness (QED) is 0.577. The normalized spacial score (nSPS) is 33.6. The second-order valence-corrected chi connectivity index (χ2v) is 13.5. The van der Waals surface area contributed by atoms with Crippen molar-refractivity contribution in [1.82, 2.24) is 0 Å². The maximum atomic E-state index is 11.1. The molecular formula is C17H32O5Si. The summed E-state index contributed by atoms with van der Waals surface area (Å²) in [6.07, 6.45) is 0.660. The average Bonchev–Trinajstić information content (AvgIpc) is 2.80. The highest BCUT2D eigenvalue weighted by molar-refractivity contribution is 6.74. The first-order valence-corrected chi connectivity index (χ1v) is 11.4. The molecule has 2 rings (SSSR count). The number of rotatable bonds is 4. The van der Waals surface area contributed by atoms with Gasteiger partial charge in [0.05, 0.1) is 18.8 Å². The summed E-state index contributed by atoms with van der Waals surface area (Å²) in [4.78, 5) is 11.1. The van der Waals surface area contributed by atoms with Crippen LogP contribution in [0.4, 0.5) is 0 Å². The first kappa shape index (κ1) is 18.9. The standard InChI is InChI=1S/C17H32O5Si/c1-11(18)19-10-12-9-13(22-23(7,8)16(2,3)4)15-14(12)20-17(5,6)21-15/h12-15H,9-10H2,1-8H3/t12-,13+,14-,15+/m1/s1. The Balaban J connectivity index is 2.13. The fourth-order valence-corrected chi connectivity index (χ4v) is 4.43. The first-order chi connectivity index (χ1) is 10.3. The second-order valence-electron chi connectivity index (χ2n) is 8.78. The zero-order chi connectivity index (χ0) is 17.6. The molecule has 23 heavy (non-hydrogen) atoms. The van der Waals surface area contributed by atoms with E-state index < -0.39 is 14.1 Å². The zero-order valence-corrected chi connectivity index (χ0v) is 16.8. The molecule has 0 aromatic carbocycles. The van der Waals surface area contributed by atoms with Gasteiger partial charge in [-0.15, -0.1) is 0 Å². The van der Waals surface area contributed by atoms with Gasteiger partial charge in [-0.1, -0.05) is 20.8 Å². The molecule has 5 nitrogen and oxygen atoms in total. The van der Waals surface area contributed by atoms with Crippen molar-refractivity contribution in [2.75, 3.05) is 6.61 Å². The van der Waals surface area contributed by atoms with Crippen LogP contribution in [0.25, 0.3) is 0 Å². The lowest BCUT2D eigenvalue weighted by Gasteiger charge is -2.39. The molecule has 0 unspecified atom stereocenters. The average molecular weight is 345 g/mol. The number of ether oxygens (including phenoxy) is 3. The summed E-state index contributed by atoms with van der Waals surface area (Å²) in [6, 6.07) is 0. The smallest absolute Gasteiger partial charge is 0.302 e. The third kappa shape index (κ3) is 4.16. The van der Waals surface area contributed by atoms with Gasteiger partial charge in [0, 0.05) is 12.8 Å². The first-order valence-electron chi connectivity index (χ1n) is 8.49. The molecule has 0 aromatic rings. The topological polar surface area (TPSA) is 54.0 Å². The zero-order valence-electron chi connectivity index (χ0n) is 15.8. The summed E-state index contributed by atoms with van der Waals surface area (Å²) in [5.74, 6) is -0.742. The number of carbonyl (C=O) groups excluding carboxylic acids is 1. The van der Waals surface area contributed by atoms with E-state index in [1.54, 1.807) is 0 Å². The lowest BCUT2D eigenvalue weighted by Crippen LogP contribution is -2.46. The van der Waals surface area contributed by atoms with E-state index in [-0.39, 0.29) is 35.2 Å². The Morgan fingerprint density at radius 3 is 2.30 bits per heavy atom. The predicted octanol–water partition coefficient (Wildman–Crippen LogP) is 3.48. The van der Waals surface area contributed by atoms with Crippen molar-refractivity contribution in [2.45, 2.75) is 90.2 Å². The SMILES string of the molecule is CC(=O)OC[C@H]1C[C@H](O[Si](C)(C)C(C)(C)C)[C@@H]2OC(C)(C)O[C@H]12. The summed E-state index contributed by atoms with van der Waals surface area (Å²) in [5, 5.41) is 0.144. The van der Waals surface area contributed by atoms with Gasteiger partial charge in [0.25, 0.3) is 0 Å². The van der Waals surface area contributed by atoms with Crippen molar-refractivity contribution in [3.05, 3.63) is 0 Å². The van der Waals surface area contributed by atoms with E-state index >= 15 is 0 Å². The molecule has 1 heterocycles. The Kier molecular flexibility index (Phi) is 5.04. The van der Waals surface area contributed by atoms with Gasteiger partial charge < -0.3 is 18.6 Å². The van der Waals surface area contributed by atoms with Crippen LogP contribution in [0.2, 0.25) is 18.1 Å². The van der Waals surface area contributed by atoms with Crippen LogP contribution in [0, 0.1) is 5.92 Å². The molecule has 4 atom stereocenters. The molecule has 1 aliphatic carbocycles. The van der Waals surface area contributed by atoms with Gasteiger partial charge in [-0.3, -0.25) is 4.79 Å². The summed E-state index contributed by atoms with van der Waals surface area (Å²) >= 11 is 0. The Morgan fingerprint density at radius 1 is 1.22 bits per heavy atom. The van der Waals surface area contributed by atoms with Crippen molar-refractivity contribution in [2.24, 2.45) is 5.92 Å². The lowest BCUT2D eigenvalue weighted by molar-refractivity contribution is -0.169. The number of hydrogen-bond acceptors (Lipinski definition) is 5. The highest BCUT2D eigenvalue weighted by Gasteiger charge is 2.56. The van der Waals surface area contributed by atoms with Crippen LogP contribution >= 0.6 is 0 Å². The fourth-order valence-electron chi connectivity index (χ4n) is 3.09. The second kappa shape index (κ2) is 6.13. The molecular weight excluding hydrogens is 312 g/mol. The van der Waals surface area contributed by atoms with Crippen LogP contribution in [-0.2, 0) is 23.4 Å². The minimum absolute atomic E-state index is 0.00299. The van der Waals surface area contributed by atoms with Crippen LogP contribution in [0.1, 0.15) is 48.0 Å². The maximum Gasteiger partial charge on any atom is 0.302 e. The Morgan fingerprint density at radius 2 is 1.78 bits per heavy atom. The van der Waals surface area contributed by atoms with Crippen LogP contribution < -0.4 is 0 Å². The molecule has 134 valence electrons. The minimum atomic E-state index is -1.89. The Bertz CT molecular complexity index is 454. The molecule has 1 aliphatic heterocycles. The lowest BCUT2D eigenvalue weighted by atomic mass is 10.1. The third-order valence-corrected chi connectivity index (χ3v) is 9.79. The van der Waals surface area contributed by atoms with E-state index in [2.05, 4.69) is 33.9 Å². The van der Waals surface area contributed by atoms with Crippen LogP contribution in [0.3, 0.4) is 0 Å². The van der Waals surface area contributed by atoms with Crippen LogP contribution in [0.15, 0.2) is 0 Å². The van der Waals surface area contributed by atoms with Gasteiger partial charge in [0.15, 0.2) is 14.1 Å². The monoisotopic (exact) mass is 344 g/mol. The van der Waals surface area contributed by atoms with Crippen LogP contribution in [0.5, 0.6) is 0 Å². The predicted molar refractivity (Wildman–Crippen MR) is 90.6 cm³/mol. The number of esters is 1. The van der Waals surface area contributed by atoms with Crippen molar-refractivity contribution >= 4 is 14.3 Å². The highest BCUT2D eigenvalue weighted by Crippen LogP contribution is 2.46. The number of carbonyl (C=O) groups is 1. The summed E-state index contributed by atoms with van der Waals surface area (Å²) in [7, 11) is -1.89. The molecule has 6 heteroatoms. The van der Waals surface area contributed by atoms with Gasteiger partial charge in [-0.05, 0) is 38.4 Å². The van der Waals surface area contributed by atoms with Gasteiger partial charge in [-0.2, -0.15) is 0 Å². The van der Waals surface area contributed by atoms with E-state index in [9.17, 15) is 4.79 Å². The minimum Gasteiger partial charge on any atom is -0.465 e. The maximum absolute atomic E-state index is 11.1. The number of fused-ring (bicyclic) bond motifs is 1. The van der Waals surface area contributed by atoms with E-state index in [1.165, 1.54) is 6.92 Å². The van der Waals surface area contributed by atoms with Crippen molar-refractivity contribution in [3.8, 4) is 0 Å². The highest BCUT2D eigenvalue weighted by atomic mass is 28.4. The van der Waals surface area contributed by atoms with E-state index in [0.29, 0.717) is 6.61 Å². The van der Waals surface area contributed by atoms with Crippen molar-refractivity contribution in [1.29, 1.82) is 0 Å². The molecule has 0 N–H and O–H groups in total. The molecule has 2 fully saturated rings. The Hall–Kier alpha value is -0.433. The van der Waals surface area contributed by atoms with Gasteiger partial charge in [0.1, 0.15) is 6.10 Å². The molecule has 0 aromatic heterocycles. The van der Waals surface area contributed by atoms with E-state index in [0.717, 1.165) is 6.42 Å². The molecule has 1 saturated carbocycles. The summed E-state index contributed by atoms with van der Waals surface area (Å²) in [6.45, 7) is 16.9. The molecule has 0 amide bonds. The molecule has 0 bridgehead atoms. The molecule has 1 saturated heterocycles. The van der Waals surface area contributed by atoms with E-state index in [1.807, 2.05) is 13.8 Å². The van der Waals surface area contributed by atoms with Crippen molar-refractivity contribution < 1.29 is 23.4 Å². The van der Waals surface area contributed by atoms with Gasteiger partial charge in [0.2, 0.25) is 0 Å². The van der Waals surface area contributed by atoms with Gasteiger partial charge >= 0.3 is 5.97 Å². The third-order valence-electron chi connectivity index (χ3n) is 5.28. The van der Waals surface area contributed by atoms with E-state index in [4.69, 9.17) is 18.6 Å². The number of hydrogen-bond donors (Lipinski definition) is 0. The Labute approximate surface area is 141 Å². The van der Waals surface area contributed by atoms with Crippen LogP contribution in [-0.4, -0.2) is 45.0 Å². The molecule has 0 radical (unpaired) electrons.